The van der Waals surface area contributed by atoms with Gasteiger partial charge < -0.3 is 10.6 Å². The number of imide groups is 1. The lowest BCUT2D eigenvalue weighted by molar-refractivity contribution is -0.119. The number of amides is 3. The number of aryl methyl sites for hydroxylation is 2. The van der Waals surface area contributed by atoms with Crippen LogP contribution >= 0.6 is 12.2 Å². The highest BCUT2D eigenvalue weighted by molar-refractivity contribution is 7.80. The first-order valence-electron chi connectivity index (χ1n) is 9.63. The van der Waals surface area contributed by atoms with Crippen molar-refractivity contribution in [3.05, 3.63) is 64.7 Å². The number of nitrogens with one attached hydrogen (secondary N) is 2. The third-order valence-electron chi connectivity index (χ3n) is 4.93. The molecule has 3 rings (SSSR count). The number of thiocarbonyl (C=S) groups is 1. The number of carbonyl (C=O) groups is 3. The Morgan fingerprint density at radius 2 is 1.48 bits per heavy atom. The van der Waals surface area contributed by atoms with Gasteiger partial charge in [0.1, 0.15) is 0 Å². The third-order valence-corrected chi connectivity index (χ3v) is 5.14. The van der Waals surface area contributed by atoms with E-state index in [0.29, 0.717) is 11.1 Å². The number of nitrogens with zero attached hydrogens (tertiary/aromatic N) is 1. The maximum atomic E-state index is 12.4. The van der Waals surface area contributed by atoms with Crippen LogP contribution in [0.4, 0.5) is 5.69 Å². The number of anilines is 1. The van der Waals surface area contributed by atoms with E-state index >= 15 is 0 Å². The zero-order chi connectivity index (χ0) is 21.0. The van der Waals surface area contributed by atoms with Crippen molar-refractivity contribution in [3.8, 4) is 0 Å². The Hall–Kier alpha value is -3.06. The van der Waals surface area contributed by atoms with Crippen molar-refractivity contribution in [1.29, 1.82) is 0 Å². The number of carbonyl (C=O) groups excluding carboxylic acids is 3. The van der Waals surface area contributed by atoms with Crippen LogP contribution < -0.4 is 10.6 Å². The van der Waals surface area contributed by atoms with Crippen LogP contribution in [0.5, 0.6) is 0 Å². The van der Waals surface area contributed by atoms with Gasteiger partial charge in [-0.05, 0) is 48.3 Å². The Bertz CT molecular complexity index is 930. The number of benzene rings is 2. The van der Waals surface area contributed by atoms with Crippen LogP contribution in [0.15, 0.2) is 42.5 Å². The minimum atomic E-state index is -0.372. The summed E-state index contributed by atoms with van der Waals surface area (Å²) in [6, 6.07) is 12.7. The first-order chi connectivity index (χ1) is 14.0. The van der Waals surface area contributed by atoms with Gasteiger partial charge in [0.15, 0.2) is 5.11 Å². The van der Waals surface area contributed by atoms with Gasteiger partial charge in [-0.3, -0.25) is 19.3 Å². The van der Waals surface area contributed by atoms with Crippen molar-refractivity contribution in [1.82, 2.24) is 10.2 Å². The molecule has 0 atom stereocenters. The van der Waals surface area contributed by atoms with E-state index in [2.05, 4.69) is 24.5 Å². The van der Waals surface area contributed by atoms with E-state index in [1.165, 1.54) is 0 Å². The molecule has 0 radical (unpaired) electrons. The summed E-state index contributed by atoms with van der Waals surface area (Å²) in [5.74, 6) is -1.10. The highest BCUT2D eigenvalue weighted by atomic mass is 32.1. The van der Waals surface area contributed by atoms with Crippen LogP contribution in [0.3, 0.4) is 0 Å². The standard InChI is InChI=1S/C22H23N3O3S/c1-3-14-8-7-9-15(4-2)19(14)24-22(29)23-18(26)12-13-25-20(27)16-10-5-6-11-17(16)21(25)28/h5-11H,3-4,12-13H2,1-2H3,(H2,23,24,26,29). The normalized spacial score (nSPS) is 12.7. The van der Waals surface area contributed by atoms with Crippen LogP contribution in [-0.4, -0.2) is 34.3 Å². The molecule has 2 aromatic rings. The van der Waals surface area contributed by atoms with E-state index in [0.717, 1.165) is 34.6 Å². The lowest BCUT2D eigenvalue weighted by Crippen LogP contribution is -2.38. The summed E-state index contributed by atoms with van der Waals surface area (Å²) in [4.78, 5) is 38.1. The molecule has 1 aliphatic heterocycles. The Morgan fingerprint density at radius 1 is 0.931 bits per heavy atom. The smallest absolute Gasteiger partial charge is 0.261 e. The second kappa shape index (κ2) is 8.96. The number of hydrogen-bond donors (Lipinski definition) is 2. The fraction of sp³-hybridized carbons (Fsp3) is 0.273. The van der Waals surface area contributed by atoms with Crippen LogP contribution in [0.1, 0.15) is 52.1 Å². The van der Waals surface area contributed by atoms with Crippen molar-refractivity contribution in [2.45, 2.75) is 33.1 Å². The zero-order valence-electron chi connectivity index (χ0n) is 16.5. The molecule has 0 saturated heterocycles. The molecule has 6 nitrogen and oxygen atoms in total. The number of para-hydroxylation sites is 1. The molecule has 3 amide bonds. The van der Waals surface area contributed by atoms with Crippen LogP contribution in [0.2, 0.25) is 0 Å². The van der Waals surface area contributed by atoms with Gasteiger partial charge in [-0.25, -0.2) is 0 Å². The lowest BCUT2D eigenvalue weighted by Gasteiger charge is -2.17. The SMILES string of the molecule is CCc1cccc(CC)c1NC(=S)NC(=O)CCN1C(=O)c2ccccc2C1=O. The molecule has 7 heteroatoms. The van der Waals surface area contributed by atoms with E-state index in [9.17, 15) is 14.4 Å². The summed E-state index contributed by atoms with van der Waals surface area (Å²) in [5.41, 5.74) is 3.90. The molecule has 0 bridgehead atoms. The predicted molar refractivity (Wildman–Crippen MR) is 116 cm³/mol. The van der Waals surface area contributed by atoms with Crippen molar-refractivity contribution >= 4 is 40.7 Å². The van der Waals surface area contributed by atoms with E-state index in [-0.39, 0.29) is 35.8 Å². The Kier molecular flexibility index (Phi) is 6.39. The summed E-state index contributed by atoms with van der Waals surface area (Å²) in [5, 5.41) is 5.96. The third kappa shape index (κ3) is 4.35. The van der Waals surface area contributed by atoms with E-state index in [1.807, 2.05) is 18.2 Å². The average molecular weight is 410 g/mol. The van der Waals surface area contributed by atoms with Crippen LogP contribution in [0, 0.1) is 0 Å². The summed E-state index contributed by atoms with van der Waals surface area (Å²) in [6.07, 6.45) is 1.66. The van der Waals surface area contributed by atoms with Gasteiger partial charge >= 0.3 is 0 Å². The fourth-order valence-corrected chi connectivity index (χ4v) is 3.61. The van der Waals surface area contributed by atoms with E-state index < -0.39 is 0 Å². The minimum absolute atomic E-state index is 0.00650. The molecule has 1 aliphatic rings. The van der Waals surface area contributed by atoms with E-state index in [1.54, 1.807) is 24.3 Å². The number of hydrogen-bond acceptors (Lipinski definition) is 4. The molecule has 150 valence electrons. The monoisotopic (exact) mass is 409 g/mol. The molecule has 0 aliphatic carbocycles. The van der Waals surface area contributed by atoms with Gasteiger partial charge in [-0.15, -0.1) is 0 Å². The molecule has 0 fully saturated rings. The Morgan fingerprint density at radius 3 is 2.00 bits per heavy atom. The Labute approximate surface area is 175 Å². The van der Waals surface area contributed by atoms with Crippen molar-refractivity contribution < 1.29 is 14.4 Å². The van der Waals surface area contributed by atoms with Gasteiger partial charge in [0.2, 0.25) is 5.91 Å². The average Bonchev–Trinajstić information content (AvgIpc) is 2.97. The second-order valence-electron chi connectivity index (χ2n) is 6.72. The first kappa shape index (κ1) is 20.7. The van der Waals surface area contributed by atoms with Crippen molar-refractivity contribution in [3.63, 3.8) is 0 Å². The van der Waals surface area contributed by atoms with Crippen molar-refractivity contribution in [2.75, 3.05) is 11.9 Å². The summed E-state index contributed by atoms with van der Waals surface area (Å²) >= 11 is 5.29. The topological polar surface area (TPSA) is 78.5 Å². The molecular weight excluding hydrogens is 386 g/mol. The number of fused-ring (bicyclic) bond motifs is 1. The van der Waals surface area contributed by atoms with Gasteiger partial charge in [0, 0.05) is 18.7 Å². The molecule has 2 N–H and O–H groups in total. The predicted octanol–water partition coefficient (Wildman–Crippen LogP) is 3.31. The molecule has 0 spiro atoms. The molecule has 29 heavy (non-hydrogen) atoms. The van der Waals surface area contributed by atoms with Crippen LogP contribution in [-0.2, 0) is 17.6 Å². The fourth-order valence-electron chi connectivity index (χ4n) is 3.39. The zero-order valence-corrected chi connectivity index (χ0v) is 17.3. The second-order valence-corrected chi connectivity index (χ2v) is 7.13. The molecular formula is C22H23N3O3S. The molecule has 0 saturated carbocycles. The molecule has 0 aromatic heterocycles. The highest BCUT2D eigenvalue weighted by Gasteiger charge is 2.34. The summed E-state index contributed by atoms with van der Waals surface area (Å²) in [6.45, 7) is 4.12. The van der Waals surface area contributed by atoms with Gasteiger partial charge in [0.05, 0.1) is 11.1 Å². The van der Waals surface area contributed by atoms with Gasteiger partial charge in [0.25, 0.3) is 11.8 Å². The van der Waals surface area contributed by atoms with E-state index in [4.69, 9.17) is 12.2 Å². The molecule has 2 aromatic carbocycles. The quantitative estimate of drug-likeness (QED) is 0.565. The van der Waals surface area contributed by atoms with Crippen LogP contribution in [0.25, 0.3) is 0 Å². The maximum Gasteiger partial charge on any atom is 0.261 e. The van der Waals surface area contributed by atoms with Gasteiger partial charge in [-0.2, -0.15) is 0 Å². The minimum Gasteiger partial charge on any atom is -0.332 e. The van der Waals surface area contributed by atoms with Gasteiger partial charge in [-0.1, -0.05) is 44.2 Å². The molecule has 0 unspecified atom stereocenters. The highest BCUT2D eigenvalue weighted by Crippen LogP contribution is 2.23. The largest absolute Gasteiger partial charge is 0.332 e. The molecule has 1 heterocycles. The summed E-state index contributed by atoms with van der Waals surface area (Å²) < 4.78 is 0. The maximum absolute atomic E-state index is 12.4. The summed E-state index contributed by atoms with van der Waals surface area (Å²) in [7, 11) is 0. The number of rotatable bonds is 6. The first-order valence-corrected chi connectivity index (χ1v) is 10.0. The Balaban J connectivity index is 1.58. The van der Waals surface area contributed by atoms with Crippen molar-refractivity contribution in [2.24, 2.45) is 0 Å². The lowest BCUT2D eigenvalue weighted by atomic mass is 10.0.